The van der Waals surface area contributed by atoms with Gasteiger partial charge in [-0.05, 0) is 38.0 Å². The Hall–Kier alpha value is -1.35. The van der Waals surface area contributed by atoms with Crippen molar-refractivity contribution in [3.63, 3.8) is 0 Å². The lowest BCUT2D eigenvalue weighted by molar-refractivity contribution is 0.984. The molecule has 1 N–H and O–H groups in total. The first-order chi connectivity index (χ1) is 8.15. The van der Waals surface area contributed by atoms with Gasteiger partial charge in [0.1, 0.15) is 0 Å². The molecule has 0 radical (unpaired) electrons. The number of rotatable bonds is 4. The summed E-state index contributed by atoms with van der Waals surface area (Å²) in [7, 11) is 0. The van der Waals surface area contributed by atoms with Crippen LogP contribution in [0, 0.1) is 20.8 Å². The van der Waals surface area contributed by atoms with Crippen LogP contribution in [0.5, 0.6) is 0 Å². The van der Waals surface area contributed by atoms with Crippen molar-refractivity contribution >= 4 is 17.0 Å². The molecule has 0 fully saturated rings. The summed E-state index contributed by atoms with van der Waals surface area (Å²) in [6.07, 6.45) is 0.992. The summed E-state index contributed by atoms with van der Waals surface area (Å²) in [5, 5.41) is 6.79. The van der Waals surface area contributed by atoms with Crippen LogP contribution in [-0.4, -0.2) is 11.5 Å². The van der Waals surface area contributed by atoms with Gasteiger partial charge in [0, 0.05) is 29.7 Å². The highest BCUT2D eigenvalue weighted by molar-refractivity contribution is 7.09. The number of anilines is 1. The summed E-state index contributed by atoms with van der Waals surface area (Å²) in [6, 6.07) is 6.50. The number of aromatic nitrogens is 1. The van der Waals surface area contributed by atoms with E-state index in [1.807, 2.05) is 6.92 Å². The second-order valence-electron chi connectivity index (χ2n) is 4.38. The lowest BCUT2D eigenvalue weighted by Crippen LogP contribution is -2.06. The highest BCUT2D eigenvalue weighted by atomic mass is 32.1. The Labute approximate surface area is 107 Å². The Morgan fingerprint density at radius 2 is 2.06 bits per heavy atom. The number of thiazole rings is 1. The first-order valence-electron chi connectivity index (χ1n) is 5.87. The molecule has 2 nitrogen and oxygen atoms in total. The minimum Gasteiger partial charge on any atom is -0.384 e. The zero-order chi connectivity index (χ0) is 12.3. The van der Waals surface area contributed by atoms with Crippen LogP contribution in [0.3, 0.4) is 0 Å². The third kappa shape index (κ3) is 3.30. The van der Waals surface area contributed by atoms with Crippen LogP contribution in [0.1, 0.15) is 21.8 Å². The zero-order valence-electron chi connectivity index (χ0n) is 10.6. The van der Waals surface area contributed by atoms with Crippen molar-refractivity contribution in [1.82, 2.24) is 4.98 Å². The lowest BCUT2D eigenvalue weighted by Gasteiger charge is -2.09. The summed E-state index contributed by atoms with van der Waals surface area (Å²) in [6.45, 7) is 7.24. The van der Waals surface area contributed by atoms with Crippen molar-refractivity contribution in [1.29, 1.82) is 0 Å². The van der Waals surface area contributed by atoms with Crippen LogP contribution < -0.4 is 5.32 Å². The smallest absolute Gasteiger partial charge is 0.0945 e. The second kappa shape index (κ2) is 5.32. The van der Waals surface area contributed by atoms with Crippen LogP contribution >= 0.6 is 11.3 Å². The molecule has 0 amide bonds. The molecule has 0 bridgehead atoms. The van der Waals surface area contributed by atoms with Crippen molar-refractivity contribution in [3.05, 3.63) is 45.4 Å². The molecule has 0 aliphatic rings. The summed E-state index contributed by atoms with van der Waals surface area (Å²) >= 11 is 1.74. The van der Waals surface area contributed by atoms with E-state index in [2.05, 4.69) is 47.7 Å². The highest BCUT2D eigenvalue weighted by Crippen LogP contribution is 2.16. The fraction of sp³-hybridized carbons (Fsp3) is 0.357. The summed E-state index contributed by atoms with van der Waals surface area (Å²) < 4.78 is 0. The molecule has 2 aromatic rings. The second-order valence-corrected chi connectivity index (χ2v) is 5.32. The fourth-order valence-electron chi connectivity index (χ4n) is 1.75. The number of nitrogens with zero attached hydrogens (tertiary/aromatic N) is 1. The predicted octanol–water partition coefficient (Wildman–Crippen LogP) is 3.72. The van der Waals surface area contributed by atoms with Gasteiger partial charge in [-0.3, -0.25) is 0 Å². The minimum absolute atomic E-state index is 0.942. The van der Waals surface area contributed by atoms with Gasteiger partial charge in [-0.2, -0.15) is 0 Å². The van der Waals surface area contributed by atoms with Crippen LogP contribution in [-0.2, 0) is 6.42 Å². The largest absolute Gasteiger partial charge is 0.384 e. The van der Waals surface area contributed by atoms with E-state index < -0.39 is 0 Å². The Morgan fingerprint density at radius 1 is 1.24 bits per heavy atom. The number of nitrogens with one attached hydrogen (secondary N) is 1. The van der Waals surface area contributed by atoms with Gasteiger partial charge in [0.05, 0.1) is 5.01 Å². The average molecular weight is 246 g/mol. The molecular formula is C14H18N2S. The van der Waals surface area contributed by atoms with E-state index in [1.165, 1.54) is 21.8 Å². The maximum Gasteiger partial charge on any atom is 0.0945 e. The van der Waals surface area contributed by atoms with Gasteiger partial charge in [0.15, 0.2) is 0 Å². The monoisotopic (exact) mass is 246 g/mol. The van der Waals surface area contributed by atoms with Crippen molar-refractivity contribution in [2.45, 2.75) is 27.2 Å². The molecule has 1 heterocycles. The molecule has 0 unspecified atom stereocenters. The first-order valence-corrected chi connectivity index (χ1v) is 6.75. The molecule has 17 heavy (non-hydrogen) atoms. The van der Waals surface area contributed by atoms with Crippen molar-refractivity contribution < 1.29 is 0 Å². The molecule has 3 heteroatoms. The van der Waals surface area contributed by atoms with Crippen LogP contribution in [0.4, 0.5) is 5.69 Å². The topological polar surface area (TPSA) is 24.9 Å². The standard InChI is InChI=1S/C14H18N2S/c1-10-4-5-11(2)13(8-10)15-7-6-14-16-12(3)9-17-14/h4-5,8-9,15H,6-7H2,1-3H3. The maximum atomic E-state index is 4.46. The van der Waals surface area contributed by atoms with E-state index in [4.69, 9.17) is 0 Å². The Kier molecular flexibility index (Phi) is 3.79. The van der Waals surface area contributed by atoms with E-state index in [1.54, 1.807) is 11.3 Å². The Balaban J connectivity index is 1.91. The normalized spacial score (nSPS) is 10.5. The van der Waals surface area contributed by atoms with E-state index >= 15 is 0 Å². The van der Waals surface area contributed by atoms with E-state index in [0.29, 0.717) is 0 Å². The van der Waals surface area contributed by atoms with E-state index in [-0.39, 0.29) is 0 Å². The fourth-order valence-corrected chi connectivity index (χ4v) is 2.52. The number of hydrogen-bond acceptors (Lipinski definition) is 3. The molecule has 1 aromatic heterocycles. The molecular weight excluding hydrogens is 228 g/mol. The lowest BCUT2D eigenvalue weighted by atomic mass is 10.1. The predicted molar refractivity (Wildman–Crippen MR) is 75.0 cm³/mol. The Bertz CT molecular complexity index is 503. The highest BCUT2D eigenvalue weighted by Gasteiger charge is 2.00. The zero-order valence-corrected chi connectivity index (χ0v) is 11.4. The van der Waals surface area contributed by atoms with Gasteiger partial charge >= 0.3 is 0 Å². The van der Waals surface area contributed by atoms with Gasteiger partial charge < -0.3 is 5.32 Å². The molecule has 0 saturated carbocycles. The van der Waals surface area contributed by atoms with Crippen molar-refractivity contribution in [2.24, 2.45) is 0 Å². The quantitative estimate of drug-likeness (QED) is 0.889. The molecule has 1 aromatic carbocycles. The number of hydrogen-bond donors (Lipinski definition) is 1. The molecule has 0 aliphatic heterocycles. The van der Waals surface area contributed by atoms with Crippen molar-refractivity contribution in [2.75, 3.05) is 11.9 Å². The first kappa shape index (κ1) is 12.1. The maximum absolute atomic E-state index is 4.46. The summed E-state index contributed by atoms with van der Waals surface area (Å²) in [5.41, 5.74) is 4.95. The SMILES string of the molecule is Cc1ccc(C)c(NCCc2nc(C)cs2)c1. The third-order valence-corrected chi connectivity index (χ3v) is 3.74. The third-order valence-electron chi connectivity index (χ3n) is 2.71. The number of benzene rings is 1. The van der Waals surface area contributed by atoms with Crippen LogP contribution in [0.15, 0.2) is 23.6 Å². The molecule has 2 rings (SSSR count). The molecule has 0 spiro atoms. The van der Waals surface area contributed by atoms with Gasteiger partial charge in [-0.25, -0.2) is 4.98 Å². The summed E-state index contributed by atoms with van der Waals surface area (Å²) in [5.74, 6) is 0. The molecule has 0 atom stereocenters. The average Bonchev–Trinajstić information content (AvgIpc) is 2.69. The van der Waals surface area contributed by atoms with Gasteiger partial charge in [-0.15, -0.1) is 11.3 Å². The van der Waals surface area contributed by atoms with E-state index in [0.717, 1.165) is 18.7 Å². The summed E-state index contributed by atoms with van der Waals surface area (Å²) in [4.78, 5) is 4.46. The number of aryl methyl sites for hydroxylation is 3. The van der Waals surface area contributed by atoms with E-state index in [9.17, 15) is 0 Å². The minimum atomic E-state index is 0.942. The molecule has 90 valence electrons. The Morgan fingerprint density at radius 3 is 2.76 bits per heavy atom. The van der Waals surface area contributed by atoms with Crippen LogP contribution in [0.2, 0.25) is 0 Å². The van der Waals surface area contributed by atoms with Gasteiger partial charge in [0.2, 0.25) is 0 Å². The van der Waals surface area contributed by atoms with Gasteiger partial charge in [-0.1, -0.05) is 12.1 Å². The van der Waals surface area contributed by atoms with Crippen molar-refractivity contribution in [3.8, 4) is 0 Å². The van der Waals surface area contributed by atoms with Crippen LogP contribution in [0.25, 0.3) is 0 Å². The molecule has 0 aliphatic carbocycles. The van der Waals surface area contributed by atoms with Gasteiger partial charge in [0.25, 0.3) is 0 Å². The molecule has 0 saturated heterocycles.